The number of rotatable bonds is 3. The Morgan fingerprint density at radius 1 is 1.44 bits per heavy atom. The lowest BCUT2D eigenvalue weighted by molar-refractivity contribution is -0.0125. The first-order valence-electron chi connectivity index (χ1n) is 5.40. The summed E-state index contributed by atoms with van der Waals surface area (Å²) in [6, 6.07) is 2.78. The highest BCUT2D eigenvalue weighted by Gasteiger charge is 2.17. The van der Waals surface area contributed by atoms with Crippen molar-refractivity contribution in [1.29, 1.82) is 0 Å². The van der Waals surface area contributed by atoms with Crippen LogP contribution in [0.2, 0.25) is 0 Å². The van der Waals surface area contributed by atoms with Gasteiger partial charge in [-0.25, -0.2) is 5.48 Å². The van der Waals surface area contributed by atoms with Crippen LogP contribution in [-0.2, 0) is 4.84 Å². The van der Waals surface area contributed by atoms with Crippen LogP contribution in [0, 0.1) is 0 Å². The van der Waals surface area contributed by atoms with Gasteiger partial charge in [0.15, 0.2) is 0 Å². The zero-order valence-corrected chi connectivity index (χ0v) is 8.86. The zero-order valence-electron chi connectivity index (χ0n) is 8.86. The topological polar surface area (TPSA) is 71.2 Å². The molecule has 1 aliphatic carbocycles. The third-order valence-electron chi connectivity index (χ3n) is 2.66. The van der Waals surface area contributed by atoms with Crippen molar-refractivity contribution in [3.8, 4) is 0 Å². The summed E-state index contributed by atoms with van der Waals surface area (Å²) in [6.07, 6.45) is 5.81. The molecule has 1 aliphatic rings. The van der Waals surface area contributed by atoms with Crippen molar-refractivity contribution in [2.24, 2.45) is 0 Å². The number of hydrogen-bond acceptors (Lipinski definition) is 3. The number of carbonyl (C=O) groups excluding carboxylic acids is 1. The van der Waals surface area contributed by atoms with E-state index in [1.165, 1.54) is 18.3 Å². The van der Waals surface area contributed by atoms with Crippen LogP contribution in [0.1, 0.15) is 36.0 Å². The van der Waals surface area contributed by atoms with Crippen LogP contribution in [0.5, 0.6) is 0 Å². The molecule has 0 aromatic carbocycles. The van der Waals surface area contributed by atoms with E-state index in [0.29, 0.717) is 5.56 Å². The lowest BCUT2D eigenvalue weighted by Gasteiger charge is -2.10. The Bertz CT molecular complexity index is 421. The number of aromatic nitrogens is 1. The number of H-pyrrole nitrogens is 1. The molecule has 2 rings (SSSR count). The fourth-order valence-electron chi connectivity index (χ4n) is 1.79. The van der Waals surface area contributed by atoms with Crippen molar-refractivity contribution in [3.63, 3.8) is 0 Å². The molecule has 1 heterocycles. The third-order valence-corrected chi connectivity index (χ3v) is 2.66. The van der Waals surface area contributed by atoms with Crippen molar-refractivity contribution >= 4 is 5.91 Å². The molecular weight excluding hydrogens is 208 g/mol. The Balaban J connectivity index is 1.90. The molecule has 5 heteroatoms. The van der Waals surface area contributed by atoms with Gasteiger partial charge in [0.1, 0.15) is 0 Å². The van der Waals surface area contributed by atoms with Crippen LogP contribution in [0.3, 0.4) is 0 Å². The van der Waals surface area contributed by atoms with E-state index in [1.807, 2.05) is 0 Å². The molecular formula is C11H14N2O3. The summed E-state index contributed by atoms with van der Waals surface area (Å²) in [5, 5.41) is 0. The van der Waals surface area contributed by atoms with Crippen LogP contribution in [0.15, 0.2) is 23.1 Å². The van der Waals surface area contributed by atoms with Gasteiger partial charge in [0, 0.05) is 17.8 Å². The first-order valence-corrected chi connectivity index (χ1v) is 5.40. The van der Waals surface area contributed by atoms with Gasteiger partial charge < -0.3 is 4.98 Å². The van der Waals surface area contributed by atoms with Crippen molar-refractivity contribution < 1.29 is 9.63 Å². The van der Waals surface area contributed by atoms with E-state index in [1.54, 1.807) is 0 Å². The second-order valence-corrected chi connectivity index (χ2v) is 3.90. The van der Waals surface area contributed by atoms with E-state index in [2.05, 4.69) is 10.5 Å². The quantitative estimate of drug-likeness (QED) is 0.749. The molecule has 1 amide bonds. The van der Waals surface area contributed by atoms with Gasteiger partial charge >= 0.3 is 0 Å². The highest BCUT2D eigenvalue weighted by molar-refractivity contribution is 5.93. The van der Waals surface area contributed by atoms with Crippen LogP contribution < -0.4 is 11.0 Å². The molecule has 0 radical (unpaired) electrons. The molecule has 0 spiro atoms. The number of hydroxylamine groups is 1. The number of amides is 1. The van der Waals surface area contributed by atoms with Crippen LogP contribution in [0.25, 0.3) is 0 Å². The van der Waals surface area contributed by atoms with E-state index in [4.69, 9.17) is 4.84 Å². The highest BCUT2D eigenvalue weighted by Crippen LogP contribution is 2.19. The molecule has 86 valence electrons. The van der Waals surface area contributed by atoms with Crippen molar-refractivity contribution in [1.82, 2.24) is 10.5 Å². The predicted octanol–water partition coefficient (Wildman–Crippen LogP) is 0.979. The average Bonchev–Trinajstić information content (AvgIpc) is 2.78. The number of carbonyl (C=O) groups is 1. The molecule has 5 nitrogen and oxygen atoms in total. The molecule has 1 aromatic rings. The molecule has 16 heavy (non-hydrogen) atoms. The SMILES string of the molecule is O=C(NOC1CCCC1)c1cc[nH]c(=O)c1. The number of nitrogens with one attached hydrogen (secondary N) is 2. The van der Waals surface area contributed by atoms with Gasteiger partial charge in [-0.05, 0) is 18.9 Å². The number of pyridine rings is 1. The third kappa shape index (κ3) is 2.70. The summed E-state index contributed by atoms with van der Waals surface area (Å²) in [7, 11) is 0. The number of aromatic amines is 1. The van der Waals surface area contributed by atoms with Gasteiger partial charge in [0.05, 0.1) is 6.10 Å². The molecule has 0 atom stereocenters. The van der Waals surface area contributed by atoms with Gasteiger partial charge in [0.2, 0.25) is 5.56 Å². The average molecular weight is 222 g/mol. The Labute approximate surface area is 92.8 Å². The van der Waals surface area contributed by atoms with Gasteiger partial charge in [-0.15, -0.1) is 0 Å². The Morgan fingerprint density at radius 2 is 2.19 bits per heavy atom. The first-order chi connectivity index (χ1) is 7.75. The normalized spacial score (nSPS) is 16.2. The Morgan fingerprint density at radius 3 is 2.88 bits per heavy atom. The lowest BCUT2D eigenvalue weighted by Crippen LogP contribution is -2.29. The summed E-state index contributed by atoms with van der Waals surface area (Å²) >= 11 is 0. The van der Waals surface area contributed by atoms with E-state index in [-0.39, 0.29) is 17.6 Å². The molecule has 1 fully saturated rings. The molecule has 2 N–H and O–H groups in total. The maximum absolute atomic E-state index is 11.6. The van der Waals surface area contributed by atoms with Gasteiger partial charge in [-0.3, -0.25) is 14.4 Å². The predicted molar refractivity (Wildman–Crippen MR) is 57.9 cm³/mol. The molecule has 0 aliphatic heterocycles. The van der Waals surface area contributed by atoms with E-state index >= 15 is 0 Å². The fourth-order valence-corrected chi connectivity index (χ4v) is 1.79. The second kappa shape index (κ2) is 4.94. The standard InChI is InChI=1S/C11H14N2O3/c14-10-7-8(5-6-12-10)11(15)13-16-9-3-1-2-4-9/h5-7,9H,1-4H2,(H,12,14)(H,13,15). The minimum atomic E-state index is -0.377. The van der Waals surface area contributed by atoms with Crippen LogP contribution in [-0.4, -0.2) is 17.0 Å². The number of hydrogen-bond donors (Lipinski definition) is 2. The summed E-state index contributed by atoms with van der Waals surface area (Å²) in [6.45, 7) is 0. The van der Waals surface area contributed by atoms with Gasteiger partial charge in [-0.2, -0.15) is 0 Å². The molecule has 1 aromatic heterocycles. The van der Waals surface area contributed by atoms with Crippen LogP contribution >= 0.6 is 0 Å². The second-order valence-electron chi connectivity index (χ2n) is 3.90. The maximum Gasteiger partial charge on any atom is 0.275 e. The summed E-state index contributed by atoms with van der Waals surface area (Å²) in [5.74, 6) is -0.377. The molecule has 0 unspecified atom stereocenters. The monoisotopic (exact) mass is 222 g/mol. The first kappa shape index (κ1) is 10.9. The largest absolute Gasteiger partial charge is 0.329 e. The highest BCUT2D eigenvalue weighted by atomic mass is 16.7. The van der Waals surface area contributed by atoms with Gasteiger partial charge in [0.25, 0.3) is 5.91 Å². The smallest absolute Gasteiger partial charge is 0.275 e. The minimum absolute atomic E-state index is 0.117. The molecule has 1 saturated carbocycles. The lowest BCUT2D eigenvalue weighted by atomic mass is 10.2. The van der Waals surface area contributed by atoms with Crippen molar-refractivity contribution in [2.45, 2.75) is 31.8 Å². The molecule has 0 bridgehead atoms. The van der Waals surface area contributed by atoms with Crippen LogP contribution in [0.4, 0.5) is 0 Å². The van der Waals surface area contributed by atoms with E-state index in [9.17, 15) is 9.59 Å². The summed E-state index contributed by atoms with van der Waals surface area (Å²) < 4.78 is 0. The summed E-state index contributed by atoms with van der Waals surface area (Å²) in [4.78, 5) is 30.2. The van der Waals surface area contributed by atoms with E-state index < -0.39 is 0 Å². The molecule has 0 saturated heterocycles. The fraction of sp³-hybridized carbons (Fsp3) is 0.455. The van der Waals surface area contributed by atoms with Crippen molar-refractivity contribution in [2.75, 3.05) is 0 Å². The maximum atomic E-state index is 11.6. The Hall–Kier alpha value is -1.62. The Kier molecular flexibility index (Phi) is 3.36. The zero-order chi connectivity index (χ0) is 11.4. The van der Waals surface area contributed by atoms with E-state index in [0.717, 1.165) is 25.7 Å². The minimum Gasteiger partial charge on any atom is -0.329 e. The van der Waals surface area contributed by atoms with Gasteiger partial charge in [-0.1, -0.05) is 12.8 Å². The summed E-state index contributed by atoms with van der Waals surface area (Å²) in [5.41, 5.74) is 2.39. The van der Waals surface area contributed by atoms with Crippen molar-refractivity contribution in [3.05, 3.63) is 34.2 Å².